The molecule has 2 nitrogen and oxygen atoms in total. The molecule has 1 fully saturated rings. The van der Waals surface area contributed by atoms with Crippen LogP contribution in [0.25, 0.3) is 0 Å². The molecular formula is C17H27BrN2. The van der Waals surface area contributed by atoms with Gasteiger partial charge in [0.25, 0.3) is 0 Å². The minimum Gasteiger partial charge on any atom is -0.371 e. The first kappa shape index (κ1) is 15.8. The normalized spacial score (nSPS) is 19.9. The molecule has 1 saturated heterocycles. The van der Waals surface area contributed by atoms with Gasteiger partial charge in [-0.3, -0.25) is 0 Å². The largest absolute Gasteiger partial charge is 0.371 e. The van der Waals surface area contributed by atoms with Gasteiger partial charge in [0.1, 0.15) is 0 Å². The third kappa shape index (κ3) is 3.98. The molecule has 0 spiro atoms. The zero-order valence-corrected chi connectivity index (χ0v) is 14.5. The molecule has 2 N–H and O–H groups in total. The van der Waals surface area contributed by atoms with E-state index < -0.39 is 0 Å². The van der Waals surface area contributed by atoms with Crippen molar-refractivity contribution in [3.05, 3.63) is 28.2 Å². The Balaban J connectivity index is 2.19. The number of hydrogen-bond acceptors (Lipinski definition) is 2. The fourth-order valence-corrected chi connectivity index (χ4v) is 3.13. The molecule has 1 aliphatic rings. The average molecular weight is 339 g/mol. The highest BCUT2D eigenvalue weighted by Crippen LogP contribution is 2.34. The Bertz CT molecular complexity index is 446. The molecule has 1 heterocycles. The predicted octanol–water partition coefficient (Wildman–Crippen LogP) is 4.36. The summed E-state index contributed by atoms with van der Waals surface area (Å²) in [5.41, 5.74) is 9.41. The molecule has 0 amide bonds. The predicted molar refractivity (Wildman–Crippen MR) is 91.3 cm³/mol. The van der Waals surface area contributed by atoms with E-state index in [4.69, 9.17) is 5.73 Å². The number of rotatable bonds is 4. The molecule has 0 aliphatic carbocycles. The lowest BCUT2D eigenvalue weighted by atomic mass is 9.82. The first-order chi connectivity index (χ1) is 9.41. The Morgan fingerprint density at radius 3 is 2.55 bits per heavy atom. The van der Waals surface area contributed by atoms with Crippen LogP contribution in [-0.2, 0) is 6.42 Å². The van der Waals surface area contributed by atoms with Crippen LogP contribution in [0.15, 0.2) is 22.7 Å². The summed E-state index contributed by atoms with van der Waals surface area (Å²) in [5.74, 6) is 0. The monoisotopic (exact) mass is 338 g/mol. The summed E-state index contributed by atoms with van der Waals surface area (Å²) in [7, 11) is 0. The van der Waals surface area contributed by atoms with Gasteiger partial charge in [-0.15, -0.1) is 0 Å². The van der Waals surface area contributed by atoms with E-state index in [1.165, 1.54) is 24.1 Å². The molecule has 1 aliphatic heterocycles. The Hall–Kier alpha value is -0.540. The molecule has 1 atom stereocenters. The Morgan fingerprint density at radius 1 is 1.30 bits per heavy atom. The van der Waals surface area contributed by atoms with Gasteiger partial charge in [-0.25, -0.2) is 0 Å². The van der Waals surface area contributed by atoms with Crippen molar-refractivity contribution in [3.8, 4) is 0 Å². The third-order valence-electron chi connectivity index (χ3n) is 4.51. The third-order valence-corrected chi connectivity index (χ3v) is 5.00. The van der Waals surface area contributed by atoms with Gasteiger partial charge in [0.2, 0.25) is 0 Å². The van der Waals surface area contributed by atoms with Gasteiger partial charge < -0.3 is 10.6 Å². The fourth-order valence-electron chi connectivity index (χ4n) is 2.78. The summed E-state index contributed by atoms with van der Waals surface area (Å²) in [6, 6.07) is 6.89. The summed E-state index contributed by atoms with van der Waals surface area (Å²) in [6.07, 6.45) is 4.53. The maximum Gasteiger partial charge on any atom is 0.0410 e. The van der Waals surface area contributed by atoms with Gasteiger partial charge in [-0.2, -0.15) is 0 Å². The van der Waals surface area contributed by atoms with E-state index in [9.17, 15) is 0 Å². The molecule has 1 aromatic rings. The van der Waals surface area contributed by atoms with Crippen molar-refractivity contribution >= 4 is 21.6 Å². The number of nitrogens with zero attached hydrogens (tertiary/aromatic N) is 1. The maximum absolute atomic E-state index is 6.15. The summed E-state index contributed by atoms with van der Waals surface area (Å²) in [5, 5.41) is 0. The SMILES string of the molecule is CCC(N)Cc1ccc(Br)cc1N1CCC(C)(C)CC1. The lowest BCUT2D eigenvalue weighted by molar-refractivity contribution is 0.279. The average Bonchev–Trinajstić information content (AvgIpc) is 2.41. The minimum absolute atomic E-state index is 0.260. The van der Waals surface area contributed by atoms with E-state index in [1.807, 2.05) is 0 Å². The zero-order chi connectivity index (χ0) is 14.8. The van der Waals surface area contributed by atoms with E-state index in [0.717, 1.165) is 30.4 Å². The van der Waals surface area contributed by atoms with Crippen molar-refractivity contribution in [2.24, 2.45) is 11.1 Å². The van der Waals surface area contributed by atoms with Crippen LogP contribution in [0.3, 0.4) is 0 Å². The Labute approximate surface area is 131 Å². The van der Waals surface area contributed by atoms with Crippen LogP contribution in [0.2, 0.25) is 0 Å². The summed E-state index contributed by atoms with van der Waals surface area (Å²) in [4.78, 5) is 2.54. The molecule has 112 valence electrons. The van der Waals surface area contributed by atoms with Crippen molar-refractivity contribution in [1.82, 2.24) is 0 Å². The van der Waals surface area contributed by atoms with Gasteiger partial charge in [0.05, 0.1) is 0 Å². The lowest BCUT2D eigenvalue weighted by Crippen LogP contribution is -2.38. The van der Waals surface area contributed by atoms with Crippen LogP contribution >= 0.6 is 15.9 Å². The van der Waals surface area contributed by atoms with Crippen LogP contribution in [0.4, 0.5) is 5.69 Å². The first-order valence-corrected chi connectivity index (χ1v) is 8.49. The van der Waals surface area contributed by atoms with E-state index in [-0.39, 0.29) is 6.04 Å². The number of nitrogens with two attached hydrogens (primary N) is 1. The van der Waals surface area contributed by atoms with Gasteiger partial charge in [0.15, 0.2) is 0 Å². The molecule has 1 aromatic carbocycles. The molecule has 0 radical (unpaired) electrons. The molecule has 0 aromatic heterocycles. The molecule has 2 rings (SSSR count). The number of piperidine rings is 1. The highest BCUT2D eigenvalue weighted by molar-refractivity contribution is 9.10. The second kappa shape index (κ2) is 6.48. The van der Waals surface area contributed by atoms with Crippen molar-refractivity contribution in [1.29, 1.82) is 0 Å². The fraction of sp³-hybridized carbons (Fsp3) is 0.647. The van der Waals surface area contributed by atoms with Crippen LogP contribution in [0, 0.1) is 5.41 Å². The summed E-state index contributed by atoms with van der Waals surface area (Å²) >= 11 is 3.61. The van der Waals surface area contributed by atoms with Crippen molar-refractivity contribution in [2.45, 2.75) is 52.5 Å². The van der Waals surface area contributed by atoms with E-state index in [2.05, 4.69) is 59.8 Å². The van der Waals surface area contributed by atoms with E-state index in [0.29, 0.717) is 5.41 Å². The minimum atomic E-state index is 0.260. The zero-order valence-electron chi connectivity index (χ0n) is 13.0. The van der Waals surface area contributed by atoms with Crippen LogP contribution in [0.5, 0.6) is 0 Å². The number of benzene rings is 1. The smallest absolute Gasteiger partial charge is 0.0410 e. The maximum atomic E-state index is 6.15. The number of halogens is 1. The topological polar surface area (TPSA) is 29.3 Å². The highest BCUT2D eigenvalue weighted by atomic mass is 79.9. The van der Waals surface area contributed by atoms with Gasteiger partial charge in [-0.1, -0.05) is 42.8 Å². The van der Waals surface area contributed by atoms with E-state index in [1.54, 1.807) is 0 Å². The lowest BCUT2D eigenvalue weighted by Gasteiger charge is -2.39. The molecular weight excluding hydrogens is 312 g/mol. The van der Waals surface area contributed by atoms with Crippen molar-refractivity contribution < 1.29 is 0 Å². The van der Waals surface area contributed by atoms with Gasteiger partial charge in [0, 0.05) is 29.3 Å². The Kier molecular flexibility index (Phi) is 5.14. The van der Waals surface area contributed by atoms with Crippen LogP contribution < -0.4 is 10.6 Å². The summed E-state index contributed by atoms with van der Waals surface area (Å²) < 4.78 is 1.16. The molecule has 3 heteroatoms. The quantitative estimate of drug-likeness (QED) is 0.883. The standard InChI is InChI=1S/C17H27BrN2/c1-4-15(19)11-13-5-6-14(18)12-16(13)20-9-7-17(2,3)8-10-20/h5-6,12,15H,4,7-11,19H2,1-3H3. The summed E-state index contributed by atoms with van der Waals surface area (Å²) in [6.45, 7) is 9.21. The van der Waals surface area contributed by atoms with Crippen molar-refractivity contribution in [3.63, 3.8) is 0 Å². The number of hydrogen-bond donors (Lipinski definition) is 1. The molecule has 1 unspecified atom stereocenters. The van der Waals surface area contributed by atoms with Crippen LogP contribution in [-0.4, -0.2) is 19.1 Å². The first-order valence-electron chi connectivity index (χ1n) is 7.70. The molecule has 20 heavy (non-hydrogen) atoms. The van der Waals surface area contributed by atoms with Crippen molar-refractivity contribution in [2.75, 3.05) is 18.0 Å². The second-order valence-electron chi connectivity index (χ2n) is 6.80. The Morgan fingerprint density at radius 2 is 1.95 bits per heavy atom. The van der Waals surface area contributed by atoms with E-state index >= 15 is 0 Å². The number of anilines is 1. The van der Waals surface area contributed by atoms with Gasteiger partial charge in [-0.05, 0) is 48.8 Å². The second-order valence-corrected chi connectivity index (χ2v) is 7.71. The van der Waals surface area contributed by atoms with Crippen LogP contribution in [0.1, 0.15) is 45.6 Å². The highest BCUT2D eigenvalue weighted by Gasteiger charge is 2.26. The molecule has 0 bridgehead atoms. The van der Waals surface area contributed by atoms with Gasteiger partial charge >= 0.3 is 0 Å². The molecule has 0 saturated carbocycles.